The number of carbonyl (C=O) groups excluding carboxylic acids is 2. The number of rotatable bonds is 7. The number of esters is 1. The zero-order valence-corrected chi connectivity index (χ0v) is 12.5. The summed E-state index contributed by atoms with van der Waals surface area (Å²) in [5, 5.41) is 0. The first kappa shape index (κ1) is 15.4. The highest BCUT2D eigenvalue weighted by Crippen LogP contribution is 2.27. The highest BCUT2D eigenvalue weighted by Gasteiger charge is 2.33. The predicted molar refractivity (Wildman–Crippen MR) is 78.1 cm³/mol. The molecule has 0 radical (unpaired) electrons. The van der Waals surface area contributed by atoms with Gasteiger partial charge in [0.25, 0.3) is 0 Å². The minimum atomic E-state index is -0.340. The number of carbonyl (C=O) groups is 2. The van der Waals surface area contributed by atoms with Crippen molar-refractivity contribution in [3.63, 3.8) is 0 Å². The van der Waals surface area contributed by atoms with E-state index in [1.165, 1.54) is 0 Å². The van der Waals surface area contributed by atoms with Gasteiger partial charge >= 0.3 is 5.97 Å². The first-order chi connectivity index (χ1) is 10.1. The molecule has 1 aliphatic rings. The minimum absolute atomic E-state index is 0.0317. The van der Waals surface area contributed by atoms with Crippen LogP contribution < -0.4 is 4.74 Å². The summed E-state index contributed by atoms with van der Waals surface area (Å²) in [5.74, 6) is 0.389. The minimum Gasteiger partial charge on any atom is -0.497 e. The van der Waals surface area contributed by atoms with E-state index in [0.717, 1.165) is 24.2 Å². The Kier molecular flexibility index (Phi) is 5.20. The van der Waals surface area contributed by atoms with Gasteiger partial charge in [-0.3, -0.25) is 9.59 Å². The van der Waals surface area contributed by atoms with Crippen molar-refractivity contribution in [1.82, 2.24) is 4.90 Å². The second kappa shape index (κ2) is 7.11. The standard InChI is InChI=1S/C16H21NO4/c1-3-21-16(19)11-17(13-6-7-13)15(18)10-12-4-8-14(20-2)9-5-12/h4-5,8-9,13H,3,6-7,10-11H2,1-2H3. The summed E-state index contributed by atoms with van der Waals surface area (Å²) in [6.07, 6.45) is 2.22. The van der Waals surface area contributed by atoms with Crippen molar-refractivity contribution in [2.75, 3.05) is 20.3 Å². The lowest BCUT2D eigenvalue weighted by Crippen LogP contribution is -2.39. The average molecular weight is 291 g/mol. The van der Waals surface area contributed by atoms with E-state index >= 15 is 0 Å². The van der Waals surface area contributed by atoms with E-state index in [0.29, 0.717) is 13.0 Å². The molecule has 0 aliphatic heterocycles. The lowest BCUT2D eigenvalue weighted by atomic mass is 10.1. The molecule has 0 bridgehead atoms. The first-order valence-corrected chi connectivity index (χ1v) is 7.22. The fraction of sp³-hybridized carbons (Fsp3) is 0.500. The van der Waals surface area contributed by atoms with Gasteiger partial charge < -0.3 is 14.4 Å². The number of ether oxygens (including phenoxy) is 2. The fourth-order valence-electron chi connectivity index (χ4n) is 2.17. The van der Waals surface area contributed by atoms with Gasteiger partial charge in [0.15, 0.2) is 0 Å². The van der Waals surface area contributed by atoms with E-state index < -0.39 is 0 Å². The summed E-state index contributed by atoms with van der Waals surface area (Å²) in [5.41, 5.74) is 0.912. The van der Waals surface area contributed by atoms with Gasteiger partial charge in [-0.1, -0.05) is 12.1 Å². The summed E-state index contributed by atoms with van der Waals surface area (Å²) >= 11 is 0. The SMILES string of the molecule is CCOC(=O)CN(C(=O)Cc1ccc(OC)cc1)C1CC1. The van der Waals surface area contributed by atoms with Crippen LogP contribution in [0.2, 0.25) is 0 Å². The van der Waals surface area contributed by atoms with Crippen LogP contribution in [0.3, 0.4) is 0 Å². The molecular weight excluding hydrogens is 270 g/mol. The molecule has 5 heteroatoms. The molecular formula is C16H21NO4. The van der Waals surface area contributed by atoms with Crippen LogP contribution in [0.1, 0.15) is 25.3 Å². The third-order valence-corrected chi connectivity index (χ3v) is 3.43. The van der Waals surface area contributed by atoms with Gasteiger partial charge in [0.1, 0.15) is 12.3 Å². The normalized spacial score (nSPS) is 13.6. The van der Waals surface area contributed by atoms with Crippen LogP contribution in [0.5, 0.6) is 5.75 Å². The van der Waals surface area contributed by atoms with Crippen molar-refractivity contribution < 1.29 is 19.1 Å². The number of amides is 1. The van der Waals surface area contributed by atoms with Crippen molar-refractivity contribution in [3.05, 3.63) is 29.8 Å². The highest BCUT2D eigenvalue weighted by molar-refractivity contribution is 5.84. The molecule has 0 aromatic heterocycles. The van der Waals surface area contributed by atoms with E-state index in [1.54, 1.807) is 18.9 Å². The average Bonchev–Trinajstić information content (AvgIpc) is 3.30. The van der Waals surface area contributed by atoms with Crippen LogP contribution in [0.4, 0.5) is 0 Å². The van der Waals surface area contributed by atoms with Crippen molar-refractivity contribution in [3.8, 4) is 5.75 Å². The Morgan fingerprint density at radius 1 is 1.24 bits per heavy atom. The molecule has 0 unspecified atom stereocenters. The first-order valence-electron chi connectivity index (χ1n) is 7.22. The van der Waals surface area contributed by atoms with Crippen LogP contribution in [-0.4, -0.2) is 43.1 Å². The smallest absolute Gasteiger partial charge is 0.325 e. The van der Waals surface area contributed by atoms with E-state index in [9.17, 15) is 9.59 Å². The lowest BCUT2D eigenvalue weighted by molar-refractivity contribution is -0.149. The van der Waals surface area contributed by atoms with Crippen LogP contribution in [0, 0.1) is 0 Å². The molecule has 0 saturated heterocycles. The molecule has 0 spiro atoms. The molecule has 0 N–H and O–H groups in total. The van der Waals surface area contributed by atoms with Gasteiger partial charge in [-0.15, -0.1) is 0 Å². The third-order valence-electron chi connectivity index (χ3n) is 3.43. The van der Waals surface area contributed by atoms with Crippen molar-refractivity contribution in [1.29, 1.82) is 0 Å². The fourth-order valence-corrected chi connectivity index (χ4v) is 2.17. The maximum Gasteiger partial charge on any atom is 0.325 e. The van der Waals surface area contributed by atoms with Gasteiger partial charge in [-0.25, -0.2) is 0 Å². The Labute approximate surface area is 124 Å². The Hall–Kier alpha value is -2.04. The van der Waals surface area contributed by atoms with Crippen molar-refractivity contribution >= 4 is 11.9 Å². The molecule has 114 valence electrons. The maximum absolute atomic E-state index is 12.4. The van der Waals surface area contributed by atoms with Gasteiger partial charge in [0, 0.05) is 6.04 Å². The Morgan fingerprint density at radius 3 is 2.43 bits per heavy atom. The summed E-state index contributed by atoms with van der Waals surface area (Å²) in [6.45, 7) is 2.15. The molecule has 0 atom stereocenters. The van der Waals surface area contributed by atoms with Gasteiger partial charge in [0.05, 0.1) is 20.1 Å². The van der Waals surface area contributed by atoms with Gasteiger partial charge in [-0.05, 0) is 37.5 Å². The molecule has 5 nitrogen and oxygen atoms in total. The number of hydrogen-bond donors (Lipinski definition) is 0. The van der Waals surface area contributed by atoms with E-state index in [-0.39, 0.29) is 24.5 Å². The monoisotopic (exact) mass is 291 g/mol. The summed E-state index contributed by atoms with van der Waals surface area (Å²) in [4.78, 5) is 25.6. The Morgan fingerprint density at radius 2 is 1.90 bits per heavy atom. The number of hydrogen-bond acceptors (Lipinski definition) is 4. The Balaban J connectivity index is 1.96. The summed E-state index contributed by atoms with van der Waals surface area (Å²) < 4.78 is 10.0. The largest absolute Gasteiger partial charge is 0.497 e. The van der Waals surface area contributed by atoms with Gasteiger partial charge in [-0.2, -0.15) is 0 Å². The number of methoxy groups -OCH3 is 1. The summed E-state index contributed by atoms with van der Waals surface area (Å²) in [6, 6.07) is 7.59. The molecule has 1 saturated carbocycles. The third kappa shape index (κ3) is 4.48. The Bertz CT molecular complexity index is 494. The molecule has 1 fully saturated rings. The van der Waals surface area contributed by atoms with E-state index in [4.69, 9.17) is 9.47 Å². The highest BCUT2D eigenvalue weighted by atomic mass is 16.5. The van der Waals surface area contributed by atoms with E-state index in [2.05, 4.69) is 0 Å². The van der Waals surface area contributed by atoms with Crippen molar-refractivity contribution in [2.45, 2.75) is 32.2 Å². The number of benzene rings is 1. The lowest BCUT2D eigenvalue weighted by Gasteiger charge is -2.21. The topological polar surface area (TPSA) is 55.8 Å². The van der Waals surface area contributed by atoms with Crippen LogP contribution in [-0.2, 0) is 20.7 Å². The van der Waals surface area contributed by atoms with Crippen molar-refractivity contribution in [2.24, 2.45) is 0 Å². The molecule has 2 rings (SSSR count). The second-order valence-electron chi connectivity index (χ2n) is 5.08. The quantitative estimate of drug-likeness (QED) is 0.719. The van der Waals surface area contributed by atoms with Crippen LogP contribution >= 0.6 is 0 Å². The predicted octanol–water partition coefficient (Wildman–Crippen LogP) is 1.79. The molecule has 0 heterocycles. The molecule has 1 aliphatic carbocycles. The van der Waals surface area contributed by atoms with Crippen LogP contribution in [0.15, 0.2) is 24.3 Å². The maximum atomic E-state index is 12.4. The molecule has 1 amide bonds. The second-order valence-corrected chi connectivity index (χ2v) is 5.08. The molecule has 1 aromatic rings. The van der Waals surface area contributed by atoms with Crippen LogP contribution in [0.25, 0.3) is 0 Å². The van der Waals surface area contributed by atoms with E-state index in [1.807, 2.05) is 24.3 Å². The van der Waals surface area contributed by atoms with Gasteiger partial charge in [0.2, 0.25) is 5.91 Å². The molecule has 1 aromatic carbocycles. The number of nitrogens with zero attached hydrogens (tertiary/aromatic N) is 1. The summed E-state index contributed by atoms with van der Waals surface area (Å²) in [7, 11) is 1.61. The zero-order chi connectivity index (χ0) is 15.2. The zero-order valence-electron chi connectivity index (χ0n) is 12.5. The molecule has 21 heavy (non-hydrogen) atoms.